The van der Waals surface area contributed by atoms with Crippen molar-refractivity contribution in [2.75, 3.05) is 5.32 Å². The molecule has 28 heavy (non-hydrogen) atoms. The maximum Gasteiger partial charge on any atom is 0.322 e. The number of anilines is 1. The SMILES string of the molecule is C[C@@H]1c2cccn2-c2sc3c(c2CN1C(=O)Nc1ccccc1F)CCCC3. The lowest BCUT2D eigenvalue weighted by atomic mass is 9.95. The number of carbonyl (C=O) groups is 1. The summed E-state index contributed by atoms with van der Waals surface area (Å²) in [7, 11) is 0. The second kappa shape index (κ2) is 6.78. The van der Waals surface area contributed by atoms with Crippen LogP contribution in [0.2, 0.25) is 0 Å². The zero-order valence-corrected chi connectivity index (χ0v) is 16.6. The zero-order valence-electron chi connectivity index (χ0n) is 15.7. The topological polar surface area (TPSA) is 37.3 Å². The average Bonchev–Trinajstić information content (AvgIpc) is 3.29. The summed E-state index contributed by atoms with van der Waals surface area (Å²) in [4.78, 5) is 16.4. The lowest BCUT2D eigenvalue weighted by Crippen LogP contribution is -2.36. The molecule has 6 heteroatoms. The summed E-state index contributed by atoms with van der Waals surface area (Å²) in [6.07, 6.45) is 6.73. The molecule has 0 bridgehead atoms. The van der Waals surface area contributed by atoms with Crippen LogP contribution in [-0.2, 0) is 19.4 Å². The van der Waals surface area contributed by atoms with Crippen LogP contribution in [0, 0.1) is 5.82 Å². The monoisotopic (exact) mass is 395 g/mol. The number of amides is 2. The maximum atomic E-state index is 14.1. The molecule has 3 heterocycles. The van der Waals surface area contributed by atoms with Crippen molar-refractivity contribution < 1.29 is 9.18 Å². The Balaban J connectivity index is 1.56. The molecule has 1 aromatic carbocycles. The van der Waals surface area contributed by atoms with Gasteiger partial charge in [0.15, 0.2) is 0 Å². The van der Waals surface area contributed by atoms with E-state index in [-0.39, 0.29) is 17.8 Å². The van der Waals surface area contributed by atoms with Gasteiger partial charge in [-0.1, -0.05) is 12.1 Å². The number of benzene rings is 1. The Kier molecular flexibility index (Phi) is 4.23. The minimum atomic E-state index is -0.421. The molecule has 1 N–H and O–H groups in total. The van der Waals surface area contributed by atoms with Crippen LogP contribution in [0.4, 0.5) is 14.9 Å². The molecule has 1 aliphatic carbocycles. The first kappa shape index (κ1) is 17.5. The van der Waals surface area contributed by atoms with Gasteiger partial charge in [0, 0.05) is 22.3 Å². The highest BCUT2D eigenvalue weighted by Crippen LogP contribution is 2.42. The van der Waals surface area contributed by atoms with Crippen molar-refractivity contribution in [3.63, 3.8) is 0 Å². The molecule has 0 saturated carbocycles. The number of nitrogens with one attached hydrogen (secondary N) is 1. The van der Waals surface area contributed by atoms with Gasteiger partial charge in [0.05, 0.1) is 18.3 Å². The highest BCUT2D eigenvalue weighted by Gasteiger charge is 2.33. The van der Waals surface area contributed by atoms with Crippen molar-refractivity contribution in [1.82, 2.24) is 9.47 Å². The van der Waals surface area contributed by atoms with Gasteiger partial charge in [-0.15, -0.1) is 11.3 Å². The molecule has 1 atom stereocenters. The van der Waals surface area contributed by atoms with Crippen LogP contribution >= 0.6 is 11.3 Å². The number of fused-ring (bicyclic) bond motifs is 5. The van der Waals surface area contributed by atoms with Gasteiger partial charge in [-0.2, -0.15) is 0 Å². The lowest BCUT2D eigenvalue weighted by Gasteiger charge is -2.28. The number of aryl methyl sites for hydroxylation is 1. The summed E-state index contributed by atoms with van der Waals surface area (Å²) in [6.45, 7) is 2.58. The van der Waals surface area contributed by atoms with Crippen molar-refractivity contribution in [3.8, 4) is 5.00 Å². The number of aromatic nitrogens is 1. The van der Waals surface area contributed by atoms with Crippen LogP contribution < -0.4 is 5.32 Å². The van der Waals surface area contributed by atoms with E-state index in [1.54, 1.807) is 18.2 Å². The van der Waals surface area contributed by atoms with Gasteiger partial charge in [-0.05, 0) is 62.4 Å². The average molecular weight is 396 g/mol. The fourth-order valence-electron chi connectivity index (χ4n) is 4.36. The minimum absolute atomic E-state index is 0.111. The summed E-state index contributed by atoms with van der Waals surface area (Å²) in [5.74, 6) is -0.421. The second-order valence-electron chi connectivity index (χ2n) is 7.51. The summed E-state index contributed by atoms with van der Waals surface area (Å²) in [5, 5.41) is 4.01. The number of thiophene rings is 1. The molecule has 1 aliphatic heterocycles. The smallest absolute Gasteiger partial charge is 0.312 e. The fraction of sp³-hybridized carbons (Fsp3) is 0.318. The Bertz CT molecular complexity index is 1050. The van der Waals surface area contributed by atoms with Crippen LogP contribution in [0.3, 0.4) is 0 Å². The third-order valence-corrected chi connectivity index (χ3v) is 7.19. The van der Waals surface area contributed by atoms with Crippen molar-refractivity contribution in [3.05, 3.63) is 70.1 Å². The van der Waals surface area contributed by atoms with Crippen LogP contribution in [0.1, 0.15) is 47.5 Å². The van der Waals surface area contributed by atoms with Crippen molar-refractivity contribution in [2.24, 2.45) is 0 Å². The molecule has 2 aliphatic rings. The number of urea groups is 1. The van der Waals surface area contributed by atoms with Gasteiger partial charge in [0.2, 0.25) is 0 Å². The normalized spacial score (nSPS) is 18.1. The van der Waals surface area contributed by atoms with E-state index in [9.17, 15) is 9.18 Å². The van der Waals surface area contributed by atoms with E-state index in [2.05, 4.69) is 22.1 Å². The Morgan fingerprint density at radius 3 is 2.82 bits per heavy atom. The van der Waals surface area contributed by atoms with E-state index in [0.29, 0.717) is 6.54 Å². The van der Waals surface area contributed by atoms with Crippen LogP contribution in [0.5, 0.6) is 0 Å². The molecule has 5 rings (SSSR count). The summed E-state index contributed by atoms with van der Waals surface area (Å²) >= 11 is 1.87. The van der Waals surface area contributed by atoms with E-state index >= 15 is 0 Å². The van der Waals surface area contributed by atoms with E-state index in [1.165, 1.54) is 39.9 Å². The summed E-state index contributed by atoms with van der Waals surface area (Å²) in [6, 6.07) is 10.0. The molecule has 3 aromatic rings. The molecular formula is C22H22FN3OS. The van der Waals surface area contributed by atoms with Gasteiger partial charge in [0.25, 0.3) is 0 Å². The largest absolute Gasteiger partial charge is 0.322 e. The first-order chi connectivity index (χ1) is 13.6. The van der Waals surface area contributed by atoms with Crippen molar-refractivity contribution >= 4 is 23.1 Å². The lowest BCUT2D eigenvalue weighted by molar-refractivity contribution is 0.189. The molecule has 2 aromatic heterocycles. The van der Waals surface area contributed by atoms with Gasteiger partial charge in [-0.3, -0.25) is 0 Å². The number of hydrogen-bond acceptors (Lipinski definition) is 2. The molecule has 144 valence electrons. The number of nitrogens with zero attached hydrogens (tertiary/aromatic N) is 2. The van der Waals surface area contributed by atoms with Gasteiger partial charge < -0.3 is 14.8 Å². The van der Waals surface area contributed by atoms with E-state index in [4.69, 9.17) is 0 Å². The molecule has 4 nitrogen and oxygen atoms in total. The van der Waals surface area contributed by atoms with Crippen LogP contribution in [0.15, 0.2) is 42.6 Å². The number of halogens is 1. The first-order valence-corrected chi connectivity index (χ1v) is 10.6. The van der Waals surface area contributed by atoms with Gasteiger partial charge in [-0.25, -0.2) is 9.18 Å². The highest BCUT2D eigenvalue weighted by atomic mass is 32.1. The zero-order chi connectivity index (χ0) is 19.3. The predicted molar refractivity (Wildman–Crippen MR) is 110 cm³/mol. The Hall–Kier alpha value is -2.60. The van der Waals surface area contributed by atoms with Gasteiger partial charge >= 0.3 is 6.03 Å². The molecule has 0 saturated heterocycles. The number of rotatable bonds is 1. The van der Waals surface area contributed by atoms with E-state index in [0.717, 1.165) is 18.5 Å². The van der Waals surface area contributed by atoms with E-state index < -0.39 is 5.82 Å². The third kappa shape index (κ3) is 2.75. The molecule has 2 amide bonds. The van der Waals surface area contributed by atoms with Crippen LogP contribution in [0.25, 0.3) is 5.00 Å². The second-order valence-corrected chi connectivity index (χ2v) is 8.60. The number of carbonyl (C=O) groups excluding carboxylic acids is 1. The molecular weight excluding hydrogens is 373 g/mol. The predicted octanol–water partition coefficient (Wildman–Crippen LogP) is 5.67. The number of para-hydroxylation sites is 1. The Morgan fingerprint density at radius 1 is 1.14 bits per heavy atom. The van der Waals surface area contributed by atoms with Gasteiger partial charge in [0.1, 0.15) is 10.8 Å². The summed E-state index contributed by atoms with van der Waals surface area (Å²) in [5.41, 5.74) is 3.97. The van der Waals surface area contributed by atoms with E-state index in [1.807, 2.05) is 29.2 Å². The maximum absolute atomic E-state index is 14.1. The molecule has 0 fully saturated rings. The fourth-order valence-corrected chi connectivity index (χ4v) is 5.76. The standard InChI is InChI=1S/C22H22FN3OS/c1-14-19-10-6-12-25(19)21-16(15-7-2-5-11-20(15)28-21)13-26(14)22(27)24-18-9-4-3-8-17(18)23/h3-4,6,8-10,12,14H,2,5,7,11,13H2,1H3,(H,24,27)/t14-/m1/s1. The number of hydrogen-bond donors (Lipinski definition) is 1. The Morgan fingerprint density at radius 2 is 1.96 bits per heavy atom. The highest BCUT2D eigenvalue weighted by molar-refractivity contribution is 7.15. The quantitative estimate of drug-likeness (QED) is 0.567. The van der Waals surface area contributed by atoms with Crippen molar-refractivity contribution in [1.29, 1.82) is 0 Å². The molecule has 0 unspecified atom stereocenters. The van der Waals surface area contributed by atoms with Crippen molar-refractivity contribution in [2.45, 2.75) is 45.2 Å². The Labute approximate surface area is 167 Å². The molecule has 0 spiro atoms. The van der Waals surface area contributed by atoms with Crippen LogP contribution in [-0.4, -0.2) is 15.5 Å². The first-order valence-electron chi connectivity index (χ1n) is 9.76. The molecule has 0 radical (unpaired) electrons. The summed E-state index contributed by atoms with van der Waals surface area (Å²) < 4.78 is 16.3. The minimum Gasteiger partial charge on any atom is -0.312 e. The third-order valence-electron chi connectivity index (χ3n) is 5.86.